The Bertz CT molecular complexity index is 1000. The summed E-state index contributed by atoms with van der Waals surface area (Å²) in [6.45, 7) is 2.62. The Morgan fingerprint density at radius 3 is 2.86 bits per heavy atom. The number of pyridine rings is 2. The van der Waals surface area contributed by atoms with Crippen molar-refractivity contribution in [2.75, 3.05) is 0 Å². The van der Waals surface area contributed by atoms with Gasteiger partial charge in [0.05, 0.1) is 10.9 Å². The van der Waals surface area contributed by atoms with Gasteiger partial charge in [0.1, 0.15) is 11.6 Å². The Labute approximate surface area is 130 Å². The summed E-state index contributed by atoms with van der Waals surface area (Å²) in [7, 11) is 0. The zero-order chi connectivity index (χ0) is 15.7. The average molecular weight is 311 g/mol. The molecule has 3 heterocycles. The molecule has 0 saturated heterocycles. The minimum absolute atomic E-state index is 0.0450. The van der Waals surface area contributed by atoms with Gasteiger partial charge in [0, 0.05) is 24.0 Å². The van der Waals surface area contributed by atoms with Crippen LogP contribution in [-0.2, 0) is 13.0 Å². The number of fused-ring (bicyclic) bond motifs is 1. The van der Waals surface area contributed by atoms with Crippen LogP contribution in [0.4, 0.5) is 0 Å². The SMILES string of the molecule is Cc1ccsc1CCn1ccc2[nH]c(=O)c(C#N)cc2c1=O. The molecule has 0 aliphatic carbocycles. The van der Waals surface area contributed by atoms with E-state index in [0.29, 0.717) is 17.4 Å². The van der Waals surface area contributed by atoms with E-state index in [2.05, 4.69) is 18.0 Å². The van der Waals surface area contributed by atoms with E-state index in [1.807, 2.05) is 5.38 Å². The summed E-state index contributed by atoms with van der Waals surface area (Å²) in [4.78, 5) is 27.9. The first kappa shape index (κ1) is 14.3. The molecule has 0 fully saturated rings. The maximum atomic E-state index is 12.5. The highest BCUT2D eigenvalue weighted by Crippen LogP contribution is 2.16. The number of nitrogens with one attached hydrogen (secondary N) is 1. The molecule has 0 saturated carbocycles. The van der Waals surface area contributed by atoms with Gasteiger partial charge in [0.25, 0.3) is 11.1 Å². The van der Waals surface area contributed by atoms with Gasteiger partial charge in [-0.1, -0.05) is 0 Å². The van der Waals surface area contributed by atoms with Crippen LogP contribution in [0.5, 0.6) is 0 Å². The number of nitriles is 1. The highest BCUT2D eigenvalue weighted by Gasteiger charge is 2.08. The molecule has 0 radical (unpaired) electrons. The zero-order valence-electron chi connectivity index (χ0n) is 11.9. The molecule has 0 amide bonds. The summed E-state index contributed by atoms with van der Waals surface area (Å²) < 4.78 is 1.61. The molecular formula is C16H13N3O2S. The van der Waals surface area contributed by atoms with Crippen LogP contribution in [0.2, 0.25) is 0 Å². The standard InChI is InChI=1S/C16H13N3O2S/c1-10-4-7-22-14(10)3-6-19-5-2-13-12(16(19)21)8-11(9-17)15(20)18-13/h2,4-5,7-8H,3,6H2,1H3,(H,18,20). The molecule has 0 bridgehead atoms. The molecule has 3 aromatic rings. The third-order valence-electron chi connectivity index (χ3n) is 3.65. The number of H-pyrrole nitrogens is 1. The minimum Gasteiger partial charge on any atom is -0.321 e. The monoisotopic (exact) mass is 311 g/mol. The molecule has 0 atom stereocenters. The Hall–Kier alpha value is -2.65. The summed E-state index contributed by atoms with van der Waals surface area (Å²) in [6.07, 6.45) is 2.46. The molecule has 3 rings (SSSR count). The van der Waals surface area contributed by atoms with Gasteiger partial charge in [-0.3, -0.25) is 9.59 Å². The van der Waals surface area contributed by atoms with Crippen LogP contribution in [-0.4, -0.2) is 9.55 Å². The van der Waals surface area contributed by atoms with E-state index in [1.54, 1.807) is 34.2 Å². The fraction of sp³-hybridized carbons (Fsp3) is 0.188. The molecule has 0 aliphatic rings. The van der Waals surface area contributed by atoms with Crippen LogP contribution < -0.4 is 11.1 Å². The van der Waals surface area contributed by atoms with Crippen LogP contribution in [0.15, 0.2) is 39.4 Å². The number of rotatable bonds is 3. The lowest BCUT2D eigenvalue weighted by Gasteiger charge is -2.07. The van der Waals surface area contributed by atoms with Gasteiger partial charge in [-0.05, 0) is 36.1 Å². The molecular weight excluding hydrogens is 298 g/mol. The number of aromatic amines is 1. The highest BCUT2D eigenvalue weighted by molar-refractivity contribution is 7.10. The normalized spacial score (nSPS) is 10.7. The molecule has 0 unspecified atom stereocenters. The van der Waals surface area contributed by atoms with Gasteiger partial charge in [0.2, 0.25) is 0 Å². The Balaban J connectivity index is 2.01. The number of thiophene rings is 1. The van der Waals surface area contributed by atoms with Crippen molar-refractivity contribution in [2.24, 2.45) is 0 Å². The smallest absolute Gasteiger partial charge is 0.266 e. The molecule has 0 aliphatic heterocycles. The van der Waals surface area contributed by atoms with Crippen LogP contribution in [0.25, 0.3) is 10.9 Å². The van der Waals surface area contributed by atoms with E-state index in [1.165, 1.54) is 16.5 Å². The van der Waals surface area contributed by atoms with Crippen LogP contribution >= 0.6 is 11.3 Å². The van der Waals surface area contributed by atoms with E-state index < -0.39 is 5.56 Å². The van der Waals surface area contributed by atoms with Gasteiger partial charge >= 0.3 is 0 Å². The molecule has 0 aromatic carbocycles. The summed E-state index contributed by atoms with van der Waals surface area (Å²) >= 11 is 1.68. The van der Waals surface area contributed by atoms with Crippen molar-refractivity contribution in [3.63, 3.8) is 0 Å². The first-order chi connectivity index (χ1) is 10.6. The lowest BCUT2D eigenvalue weighted by atomic mass is 10.2. The predicted molar refractivity (Wildman–Crippen MR) is 86.3 cm³/mol. The average Bonchev–Trinajstić information content (AvgIpc) is 2.91. The molecule has 1 N–H and O–H groups in total. The van der Waals surface area contributed by atoms with Gasteiger partial charge in [-0.15, -0.1) is 11.3 Å². The number of aryl methyl sites for hydroxylation is 3. The predicted octanol–water partition coefficient (Wildman–Crippen LogP) is 2.17. The van der Waals surface area contributed by atoms with E-state index in [4.69, 9.17) is 5.26 Å². The van der Waals surface area contributed by atoms with Crippen LogP contribution in [0.3, 0.4) is 0 Å². The molecule has 3 aromatic heterocycles. The number of hydrogen-bond acceptors (Lipinski definition) is 4. The van der Waals surface area contributed by atoms with Gasteiger partial charge in [0.15, 0.2) is 0 Å². The quantitative estimate of drug-likeness (QED) is 0.805. The fourth-order valence-corrected chi connectivity index (χ4v) is 3.28. The first-order valence-electron chi connectivity index (χ1n) is 6.79. The van der Waals surface area contributed by atoms with Crippen molar-refractivity contribution in [1.29, 1.82) is 5.26 Å². The van der Waals surface area contributed by atoms with E-state index in [0.717, 1.165) is 6.42 Å². The van der Waals surface area contributed by atoms with E-state index in [-0.39, 0.29) is 11.1 Å². The number of hydrogen-bond donors (Lipinski definition) is 1. The van der Waals surface area contributed by atoms with Gasteiger partial charge in [-0.25, -0.2) is 0 Å². The van der Waals surface area contributed by atoms with Crippen molar-refractivity contribution in [1.82, 2.24) is 9.55 Å². The van der Waals surface area contributed by atoms with E-state index >= 15 is 0 Å². The molecule has 22 heavy (non-hydrogen) atoms. The fourth-order valence-electron chi connectivity index (χ4n) is 2.38. The second kappa shape index (κ2) is 5.62. The second-order valence-corrected chi connectivity index (χ2v) is 6.04. The Kier molecular flexibility index (Phi) is 3.65. The van der Waals surface area contributed by atoms with Crippen molar-refractivity contribution in [3.8, 4) is 6.07 Å². The summed E-state index contributed by atoms with van der Waals surface area (Å²) in [5.41, 5.74) is 0.977. The summed E-state index contributed by atoms with van der Waals surface area (Å²) in [6, 6.07) is 6.93. The van der Waals surface area contributed by atoms with Crippen molar-refractivity contribution in [3.05, 3.63) is 66.5 Å². The number of nitrogens with zero attached hydrogens (tertiary/aromatic N) is 2. The van der Waals surface area contributed by atoms with Crippen molar-refractivity contribution < 1.29 is 0 Å². The van der Waals surface area contributed by atoms with Gasteiger partial charge in [-0.2, -0.15) is 5.26 Å². The molecule has 110 valence electrons. The highest BCUT2D eigenvalue weighted by atomic mass is 32.1. The summed E-state index contributed by atoms with van der Waals surface area (Å²) in [5, 5.41) is 11.3. The van der Waals surface area contributed by atoms with Crippen molar-refractivity contribution >= 4 is 22.2 Å². The van der Waals surface area contributed by atoms with Crippen molar-refractivity contribution in [2.45, 2.75) is 19.9 Å². The largest absolute Gasteiger partial charge is 0.321 e. The molecule has 0 spiro atoms. The Morgan fingerprint density at radius 2 is 2.18 bits per heavy atom. The third kappa shape index (κ3) is 2.47. The minimum atomic E-state index is -0.471. The molecule has 6 heteroatoms. The van der Waals surface area contributed by atoms with Crippen LogP contribution in [0.1, 0.15) is 16.0 Å². The second-order valence-electron chi connectivity index (χ2n) is 5.04. The van der Waals surface area contributed by atoms with Crippen LogP contribution in [0, 0.1) is 18.3 Å². The van der Waals surface area contributed by atoms with E-state index in [9.17, 15) is 9.59 Å². The van der Waals surface area contributed by atoms with Gasteiger partial charge < -0.3 is 9.55 Å². The molecule has 5 nitrogen and oxygen atoms in total. The zero-order valence-corrected chi connectivity index (χ0v) is 12.7. The maximum Gasteiger partial charge on any atom is 0.266 e. The third-order valence-corrected chi connectivity index (χ3v) is 4.74. The first-order valence-corrected chi connectivity index (χ1v) is 7.67. The lowest BCUT2D eigenvalue weighted by molar-refractivity contribution is 0.678. The Morgan fingerprint density at radius 1 is 1.36 bits per heavy atom. The topological polar surface area (TPSA) is 78.7 Å². The summed E-state index contributed by atoms with van der Waals surface area (Å²) in [5.74, 6) is 0. The number of aromatic nitrogens is 2. The maximum absolute atomic E-state index is 12.5. The lowest BCUT2D eigenvalue weighted by Crippen LogP contribution is -2.22.